The molecule has 82 valence electrons. The number of nitrogens with zero attached hydrogens (tertiary/aromatic N) is 2. The predicted molar refractivity (Wildman–Crippen MR) is 54.3 cm³/mol. The molecule has 1 atom stereocenters. The van der Waals surface area contributed by atoms with Crippen molar-refractivity contribution >= 4 is 5.97 Å². The van der Waals surface area contributed by atoms with Crippen molar-refractivity contribution in [2.24, 2.45) is 0 Å². The smallest absolute Gasteiger partial charge is 0.317 e. The summed E-state index contributed by atoms with van der Waals surface area (Å²) in [5.74, 6) is -0.903. The van der Waals surface area contributed by atoms with Gasteiger partial charge in [0.25, 0.3) is 0 Å². The number of hydrogen-bond acceptors (Lipinski definition) is 4. The summed E-state index contributed by atoms with van der Waals surface area (Å²) in [5, 5.41) is 18.3. The Bertz CT molecular complexity index is 316. The summed E-state index contributed by atoms with van der Waals surface area (Å²) in [6.07, 6.45) is 2.50. The molecule has 5 heteroatoms. The van der Waals surface area contributed by atoms with Crippen LogP contribution in [-0.4, -0.2) is 46.2 Å². The van der Waals surface area contributed by atoms with Crippen LogP contribution in [0.2, 0.25) is 0 Å². The zero-order valence-electron chi connectivity index (χ0n) is 8.50. The van der Waals surface area contributed by atoms with Crippen LogP contribution in [0.25, 0.3) is 0 Å². The third kappa shape index (κ3) is 4.05. The average molecular weight is 210 g/mol. The molecule has 0 amide bonds. The summed E-state index contributed by atoms with van der Waals surface area (Å²) in [6.45, 7) is 0.207. The Balaban J connectivity index is 2.49. The minimum Gasteiger partial charge on any atom is -0.480 e. The van der Waals surface area contributed by atoms with Crippen molar-refractivity contribution in [2.45, 2.75) is 6.10 Å². The maximum absolute atomic E-state index is 10.4. The number of rotatable bonds is 5. The van der Waals surface area contributed by atoms with Gasteiger partial charge in [0.15, 0.2) is 0 Å². The van der Waals surface area contributed by atoms with E-state index in [2.05, 4.69) is 4.98 Å². The number of aliphatic carboxylic acids is 1. The molecule has 1 aromatic rings. The van der Waals surface area contributed by atoms with E-state index in [1.165, 1.54) is 0 Å². The molecule has 1 aromatic heterocycles. The van der Waals surface area contributed by atoms with E-state index >= 15 is 0 Å². The quantitative estimate of drug-likeness (QED) is 0.722. The van der Waals surface area contributed by atoms with Crippen LogP contribution in [-0.2, 0) is 4.79 Å². The predicted octanol–water partition coefficient (Wildman–Crippen LogP) is 0.131. The first-order valence-electron chi connectivity index (χ1n) is 4.58. The van der Waals surface area contributed by atoms with Crippen molar-refractivity contribution in [2.75, 3.05) is 20.1 Å². The Morgan fingerprint density at radius 1 is 1.53 bits per heavy atom. The molecule has 0 aliphatic rings. The van der Waals surface area contributed by atoms with Gasteiger partial charge in [-0.1, -0.05) is 0 Å². The topological polar surface area (TPSA) is 73.7 Å². The normalized spacial score (nSPS) is 12.7. The molecule has 0 radical (unpaired) electrons. The maximum atomic E-state index is 10.4. The van der Waals surface area contributed by atoms with E-state index < -0.39 is 12.1 Å². The average Bonchev–Trinajstić information content (AvgIpc) is 2.17. The highest BCUT2D eigenvalue weighted by Crippen LogP contribution is 2.11. The lowest BCUT2D eigenvalue weighted by Crippen LogP contribution is -2.29. The van der Waals surface area contributed by atoms with Gasteiger partial charge in [0.2, 0.25) is 0 Å². The van der Waals surface area contributed by atoms with Gasteiger partial charge in [-0.3, -0.25) is 14.7 Å². The second-order valence-electron chi connectivity index (χ2n) is 3.39. The van der Waals surface area contributed by atoms with Crippen LogP contribution in [0, 0.1) is 0 Å². The summed E-state index contributed by atoms with van der Waals surface area (Å²) in [4.78, 5) is 15.8. The molecular weight excluding hydrogens is 196 g/mol. The highest BCUT2D eigenvalue weighted by Gasteiger charge is 2.12. The second kappa shape index (κ2) is 5.43. The molecule has 1 rings (SSSR count). The van der Waals surface area contributed by atoms with Gasteiger partial charge in [-0.2, -0.15) is 0 Å². The first-order valence-corrected chi connectivity index (χ1v) is 4.58. The Hall–Kier alpha value is -1.46. The largest absolute Gasteiger partial charge is 0.480 e. The van der Waals surface area contributed by atoms with Crippen LogP contribution in [0.5, 0.6) is 0 Å². The lowest BCUT2D eigenvalue weighted by molar-refractivity contribution is -0.138. The standard InChI is InChI=1S/C10H14N2O3/c1-12(7-10(14)15)6-9(13)8-2-4-11-5-3-8/h2-5,9,13H,6-7H2,1H3,(H,14,15). The molecule has 0 fully saturated rings. The van der Waals surface area contributed by atoms with Crippen LogP contribution in [0.3, 0.4) is 0 Å². The van der Waals surface area contributed by atoms with E-state index in [0.29, 0.717) is 0 Å². The van der Waals surface area contributed by atoms with Gasteiger partial charge in [-0.15, -0.1) is 0 Å². The Kier molecular flexibility index (Phi) is 4.20. The lowest BCUT2D eigenvalue weighted by atomic mass is 10.1. The van der Waals surface area contributed by atoms with Crippen molar-refractivity contribution in [3.05, 3.63) is 30.1 Å². The summed E-state index contributed by atoms with van der Waals surface area (Å²) >= 11 is 0. The van der Waals surface area contributed by atoms with E-state index in [-0.39, 0.29) is 13.1 Å². The van der Waals surface area contributed by atoms with Crippen LogP contribution >= 0.6 is 0 Å². The Morgan fingerprint density at radius 3 is 2.67 bits per heavy atom. The number of carbonyl (C=O) groups is 1. The van der Waals surface area contributed by atoms with E-state index in [0.717, 1.165) is 5.56 Å². The molecule has 0 spiro atoms. The molecule has 0 aromatic carbocycles. The van der Waals surface area contributed by atoms with Crippen LogP contribution in [0.1, 0.15) is 11.7 Å². The monoisotopic (exact) mass is 210 g/mol. The number of hydrogen-bond donors (Lipinski definition) is 2. The number of carboxylic acid groups (broad SMARTS) is 1. The van der Waals surface area contributed by atoms with Gasteiger partial charge < -0.3 is 10.2 Å². The molecule has 0 saturated carbocycles. The fraction of sp³-hybridized carbons (Fsp3) is 0.400. The van der Waals surface area contributed by atoms with Gasteiger partial charge in [-0.25, -0.2) is 0 Å². The van der Waals surface area contributed by atoms with Crippen LogP contribution in [0.4, 0.5) is 0 Å². The number of aliphatic hydroxyl groups excluding tert-OH is 1. The Labute approximate surface area is 88.0 Å². The van der Waals surface area contributed by atoms with E-state index in [1.54, 1.807) is 36.5 Å². The molecule has 0 aliphatic heterocycles. The minimum atomic E-state index is -0.903. The number of carboxylic acids is 1. The van der Waals surface area contributed by atoms with Gasteiger partial charge in [0.1, 0.15) is 0 Å². The van der Waals surface area contributed by atoms with E-state index in [4.69, 9.17) is 5.11 Å². The van der Waals surface area contributed by atoms with Crippen molar-refractivity contribution in [3.63, 3.8) is 0 Å². The minimum absolute atomic E-state index is 0.0812. The summed E-state index contributed by atoms with van der Waals surface area (Å²) in [5.41, 5.74) is 0.738. The summed E-state index contributed by atoms with van der Waals surface area (Å²) in [6, 6.07) is 3.42. The third-order valence-corrected chi connectivity index (χ3v) is 1.98. The number of aliphatic hydroxyl groups is 1. The molecule has 0 bridgehead atoms. The van der Waals surface area contributed by atoms with E-state index in [1.807, 2.05) is 0 Å². The first kappa shape index (κ1) is 11.6. The van der Waals surface area contributed by atoms with Crippen LogP contribution < -0.4 is 0 Å². The molecule has 5 nitrogen and oxygen atoms in total. The molecular formula is C10H14N2O3. The number of pyridine rings is 1. The molecule has 15 heavy (non-hydrogen) atoms. The van der Waals surface area contributed by atoms with Gasteiger partial charge in [-0.05, 0) is 24.7 Å². The van der Waals surface area contributed by atoms with Crippen LogP contribution in [0.15, 0.2) is 24.5 Å². The molecule has 0 aliphatic carbocycles. The fourth-order valence-corrected chi connectivity index (χ4v) is 1.28. The van der Waals surface area contributed by atoms with E-state index in [9.17, 15) is 9.90 Å². The zero-order valence-corrected chi connectivity index (χ0v) is 8.50. The summed E-state index contributed by atoms with van der Waals surface area (Å²) in [7, 11) is 1.65. The first-order chi connectivity index (χ1) is 7.09. The SMILES string of the molecule is CN(CC(=O)O)CC(O)c1ccncc1. The number of aromatic nitrogens is 1. The van der Waals surface area contributed by atoms with Gasteiger partial charge in [0, 0.05) is 18.9 Å². The highest BCUT2D eigenvalue weighted by molar-refractivity contribution is 5.69. The molecule has 1 heterocycles. The third-order valence-electron chi connectivity index (χ3n) is 1.98. The number of likely N-dealkylation sites (N-methyl/N-ethyl adjacent to an activating group) is 1. The lowest BCUT2D eigenvalue weighted by Gasteiger charge is -2.18. The second-order valence-corrected chi connectivity index (χ2v) is 3.39. The zero-order chi connectivity index (χ0) is 11.3. The fourth-order valence-electron chi connectivity index (χ4n) is 1.28. The van der Waals surface area contributed by atoms with Crippen molar-refractivity contribution < 1.29 is 15.0 Å². The van der Waals surface area contributed by atoms with Crippen molar-refractivity contribution in [3.8, 4) is 0 Å². The Morgan fingerprint density at radius 2 is 2.13 bits per heavy atom. The highest BCUT2D eigenvalue weighted by atomic mass is 16.4. The van der Waals surface area contributed by atoms with Gasteiger partial charge >= 0.3 is 5.97 Å². The van der Waals surface area contributed by atoms with Gasteiger partial charge in [0.05, 0.1) is 12.6 Å². The molecule has 2 N–H and O–H groups in total. The summed E-state index contributed by atoms with van der Waals surface area (Å²) < 4.78 is 0. The molecule has 0 saturated heterocycles. The maximum Gasteiger partial charge on any atom is 0.317 e. The van der Waals surface area contributed by atoms with Crippen molar-refractivity contribution in [1.29, 1.82) is 0 Å². The molecule has 1 unspecified atom stereocenters. The van der Waals surface area contributed by atoms with Crippen molar-refractivity contribution in [1.82, 2.24) is 9.88 Å².